The Hall–Kier alpha value is -1.19. The third-order valence-corrected chi connectivity index (χ3v) is 2.51. The average molecular weight is 215 g/mol. The van der Waals surface area contributed by atoms with E-state index in [4.69, 9.17) is 14.3 Å². The van der Waals surface area contributed by atoms with Crippen LogP contribution >= 0.6 is 0 Å². The van der Waals surface area contributed by atoms with E-state index in [1.165, 1.54) is 0 Å². The van der Waals surface area contributed by atoms with Crippen LogP contribution in [0.2, 0.25) is 0 Å². The van der Waals surface area contributed by atoms with Gasteiger partial charge in [-0.2, -0.15) is 0 Å². The van der Waals surface area contributed by atoms with E-state index in [-0.39, 0.29) is 0 Å². The quantitative estimate of drug-likeness (QED) is 0.744. The first-order valence-corrected chi connectivity index (χ1v) is 5.42. The molecular weight excluding hydrogens is 202 g/mol. The summed E-state index contributed by atoms with van der Waals surface area (Å²) in [4.78, 5) is 0. The number of rotatable bonds is 5. The molecule has 1 aliphatic rings. The van der Waals surface area contributed by atoms with Crippen molar-refractivity contribution in [2.75, 3.05) is 0 Å². The van der Waals surface area contributed by atoms with Gasteiger partial charge in [0.1, 0.15) is 0 Å². The zero-order chi connectivity index (χ0) is 11.2. The summed E-state index contributed by atoms with van der Waals surface area (Å²) in [6.45, 7) is 0. The molecule has 0 aliphatic heterocycles. The van der Waals surface area contributed by atoms with E-state index < -0.39 is 7.12 Å². The van der Waals surface area contributed by atoms with Crippen molar-refractivity contribution >= 4 is 20.3 Å². The van der Waals surface area contributed by atoms with Gasteiger partial charge in [0.25, 0.3) is 0 Å². The summed E-state index contributed by atoms with van der Waals surface area (Å²) in [5.74, 6) is 0.940. The molecule has 0 heterocycles. The van der Waals surface area contributed by atoms with Crippen LogP contribution in [0.1, 0.15) is 19.3 Å². The van der Waals surface area contributed by atoms with Gasteiger partial charge in [-0.15, -0.1) is 0 Å². The minimum Gasteiger partial charge on any atom is -0.537 e. The molecule has 0 spiro atoms. The second-order valence-electron chi connectivity index (χ2n) is 3.66. The largest absolute Gasteiger partial charge is 0.548 e. The zero-order valence-corrected chi connectivity index (χ0v) is 9.00. The monoisotopic (exact) mass is 215 g/mol. The summed E-state index contributed by atoms with van der Waals surface area (Å²) in [6, 6.07) is 9.57. The molecule has 2 rings (SSSR count). The molecule has 1 aliphatic carbocycles. The number of benzene rings is 1. The summed E-state index contributed by atoms with van der Waals surface area (Å²) in [6.07, 6.45) is 5.19. The van der Waals surface area contributed by atoms with E-state index in [0.29, 0.717) is 7.69 Å². The first-order valence-electron chi connectivity index (χ1n) is 5.42. The second kappa shape index (κ2) is 5.77. The van der Waals surface area contributed by atoms with Crippen molar-refractivity contribution in [1.29, 1.82) is 0 Å². The highest BCUT2D eigenvalue weighted by Crippen LogP contribution is 2.19. The van der Waals surface area contributed by atoms with E-state index in [1.807, 2.05) is 30.3 Å². The maximum Gasteiger partial charge on any atom is 0.548 e. The molecule has 0 amide bonds. The molecule has 3 nitrogen and oxygen atoms in total. The molecule has 81 valence electrons. The molecule has 0 atom stereocenters. The van der Waals surface area contributed by atoms with Gasteiger partial charge >= 0.3 is 14.8 Å². The lowest BCUT2D eigenvalue weighted by molar-refractivity contribution is 0.334. The standard InChI is InChI=1S/C11H13B2O3/c14-12-16-13(10-6-2-1-3-7-10)15-11-8-4-5-9-11/h1-3,6-8,14H,4-5,9H2. The van der Waals surface area contributed by atoms with Gasteiger partial charge in [-0.1, -0.05) is 30.3 Å². The van der Waals surface area contributed by atoms with E-state index in [1.54, 1.807) is 0 Å². The predicted octanol–water partition coefficient (Wildman–Crippen LogP) is 1.01. The van der Waals surface area contributed by atoms with Crippen molar-refractivity contribution in [3.63, 3.8) is 0 Å². The third-order valence-electron chi connectivity index (χ3n) is 2.51. The Morgan fingerprint density at radius 3 is 2.69 bits per heavy atom. The van der Waals surface area contributed by atoms with Crippen molar-refractivity contribution in [2.24, 2.45) is 0 Å². The normalized spacial score (nSPS) is 14.4. The topological polar surface area (TPSA) is 38.7 Å². The minimum absolute atomic E-state index is 0.560. The molecular formula is C11H13B2O3. The van der Waals surface area contributed by atoms with Gasteiger partial charge in [0.05, 0.1) is 5.76 Å². The highest BCUT2D eigenvalue weighted by molar-refractivity contribution is 6.65. The summed E-state index contributed by atoms with van der Waals surface area (Å²) in [7, 11) is 0.114. The summed E-state index contributed by atoms with van der Waals surface area (Å²) in [5, 5.41) is 8.73. The molecule has 0 unspecified atom stereocenters. The Balaban J connectivity index is 2.05. The lowest BCUT2D eigenvalue weighted by atomic mass is 9.77. The second-order valence-corrected chi connectivity index (χ2v) is 3.66. The third kappa shape index (κ3) is 2.90. The molecule has 5 heteroatoms. The van der Waals surface area contributed by atoms with Crippen LogP contribution in [0.4, 0.5) is 0 Å². The number of hydrogen-bond acceptors (Lipinski definition) is 3. The van der Waals surface area contributed by atoms with Crippen LogP contribution in [0.25, 0.3) is 0 Å². The Labute approximate surface area is 96.5 Å². The zero-order valence-electron chi connectivity index (χ0n) is 9.00. The van der Waals surface area contributed by atoms with Crippen molar-refractivity contribution < 1.29 is 14.3 Å². The fraction of sp³-hybridized carbons (Fsp3) is 0.273. The van der Waals surface area contributed by atoms with Crippen molar-refractivity contribution in [1.82, 2.24) is 0 Å². The molecule has 0 saturated heterocycles. The lowest BCUT2D eigenvalue weighted by Crippen LogP contribution is -2.37. The lowest BCUT2D eigenvalue weighted by Gasteiger charge is -2.15. The van der Waals surface area contributed by atoms with E-state index in [0.717, 1.165) is 30.5 Å². The molecule has 16 heavy (non-hydrogen) atoms. The molecule has 1 aromatic rings. The van der Waals surface area contributed by atoms with Gasteiger partial charge in [-0.3, -0.25) is 0 Å². The van der Waals surface area contributed by atoms with Crippen molar-refractivity contribution in [3.8, 4) is 0 Å². The van der Waals surface area contributed by atoms with Crippen LogP contribution in [0, 0.1) is 0 Å². The molecule has 0 bridgehead atoms. The molecule has 1 N–H and O–H groups in total. The minimum atomic E-state index is -0.560. The van der Waals surface area contributed by atoms with Crippen LogP contribution in [-0.4, -0.2) is 19.8 Å². The first kappa shape index (κ1) is 11.3. The van der Waals surface area contributed by atoms with Crippen LogP contribution in [0.5, 0.6) is 0 Å². The molecule has 0 aromatic heterocycles. The van der Waals surface area contributed by atoms with E-state index >= 15 is 0 Å². The highest BCUT2D eigenvalue weighted by Gasteiger charge is 2.24. The maximum absolute atomic E-state index is 8.73. The molecule has 0 fully saturated rings. The summed E-state index contributed by atoms with van der Waals surface area (Å²) < 4.78 is 10.7. The van der Waals surface area contributed by atoms with Crippen molar-refractivity contribution in [3.05, 3.63) is 42.2 Å². The van der Waals surface area contributed by atoms with Crippen LogP contribution in [-0.2, 0) is 9.23 Å². The van der Waals surface area contributed by atoms with Gasteiger partial charge in [-0.05, 0) is 24.4 Å². The van der Waals surface area contributed by atoms with Crippen LogP contribution < -0.4 is 5.46 Å². The smallest absolute Gasteiger partial charge is 0.537 e. The molecule has 1 aromatic carbocycles. The molecule has 1 radical (unpaired) electrons. The Morgan fingerprint density at radius 2 is 2.06 bits per heavy atom. The summed E-state index contributed by atoms with van der Waals surface area (Å²) in [5.41, 5.74) is 0.889. The van der Waals surface area contributed by atoms with Gasteiger partial charge in [0.15, 0.2) is 0 Å². The highest BCUT2D eigenvalue weighted by atomic mass is 16.6. The average Bonchev–Trinajstić information content (AvgIpc) is 2.83. The Morgan fingerprint density at radius 1 is 1.25 bits per heavy atom. The number of allylic oxidation sites excluding steroid dienone is 2. The SMILES string of the molecule is O[B]OB(OC1=CCCC1)c1ccccc1. The van der Waals surface area contributed by atoms with E-state index in [2.05, 4.69) is 6.08 Å². The van der Waals surface area contributed by atoms with Gasteiger partial charge in [-0.25, -0.2) is 0 Å². The predicted molar refractivity (Wildman–Crippen MR) is 63.9 cm³/mol. The van der Waals surface area contributed by atoms with Crippen LogP contribution in [0.15, 0.2) is 42.2 Å². The fourth-order valence-electron chi connectivity index (χ4n) is 1.73. The van der Waals surface area contributed by atoms with Crippen molar-refractivity contribution in [2.45, 2.75) is 19.3 Å². The van der Waals surface area contributed by atoms with Gasteiger partial charge in [0, 0.05) is 6.42 Å². The molecule has 0 saturated carbocycles. The Kier molecular flexibility index (Phi) is 4.08. The fourth-order valence-corrected chi connectivity index (χ4v) is 1.73. The van der Waals surface area contributed by atoms with Gasteiger partial charge in [0.2, 0.25) is 0 Å². The Bertz CT molecular complexity index is 354. The van der Waals surface area contributed by atoms with Gasteiger partial charge < -0.3 is 14.3 Å². The maximum atomic E-state index is 8.73. The van der Waals surface area contributed by atoms with Crippen LogP contribution in [0.3, 0.4) is 0 Å². The summed E-state index contributed by atoms with van der Waals surface area (Å²) >= 11 is 0. The first-order chi connectivity index (χ1) is 7.90. The van der Waals surface area contributed by atoms with E-state index in [9.17, 15) is 0 Å². The number of hydrogen-bond donors (Lipinski definition) is 1.